The van der Waals surface area contributed by atoms with Crippen LogP contribution in [0.1, 0.15) is 65.0 Å². The van der Waals surface area contributed by atoms with Crippen molar-refractivity contribution in [2.45, 2.75) is 124 Å². The summed E-state index contributed by atoms with van der Waals surface area (Å²) < 4.78 is 285. The van der Waals surface area contributed by atoms with Crippen molar-refractivity contribution < 1.29 is 112 Å². The van der Waals surface area contributed by atoms with Crippen LogP contribution in [0.3, 0.4) is 0 Å². The number of amides is 1. The smallest absolute Gasteiger partial charge is 0.460 e. The van der Waals surface area contributed by atoms with Gasteiger partial charge in [-0.2, -0.15) is 74.6 Å². The Labute approximate surface area is 377 Å². The lowest BCUT2D eigenvalue weighted by atomic mass is 9.88. The number of rotatable bonds is 26. The summed E-state index contributed by atoms with van der Waals surface area (Å²) in [6.07, 6.45) is -8.00. The van der Waals surface area contributed by atoms with Crippen LogP contribution in [0.25, 0.3) is 0 Å². The Hall–Kier alpha value is -4.69. The van der Waals surface area contributed by atoms with Crippen molar-refractivity contribution in [3.8, 4) is 5.75 Å². The van der Waals surface area contributed by atoms with Crippen molar-refractivity contribution in [3.05, 3.63) is 84.5 Å². The maximum atomic E-state index is 15.0. The van der Waals surface area contributed by atoms with Gasteiger partial charge in [-0.15, -0.1) is 0 Å². The zero-order valence-electron chi connectivity index (χ0n) is 36.0. The van der Waals surface area contributed by atoms with E-state index in [2.05, 4.69) is 11.9 Å². The molecule has 1 amide bonds. The molecule has 0 fully saturated rings. The lowest BCUT2D eigenvalue weighted by Crippen LogP contribution is -2.74. The lowest BCUT2D eigenvalue weighted by Gasteiger charge is -2.44. The average molecular weight is 1040 g/mol. The van der Waals surface area contributed by atoms with Gasteiger partial charge < -0.3 is 18.6 Å². The van der Waals surface area contributed by atoms with E-state index in [0.717, 1.165) is 18.2 Å². The van der Waals surface area contributed by atoms with Crippen molar-refractivity contribution in [3.63, 3.8) is 0 Å². The molecule has 2 aromatic rings. The van der Waals surface area contributed by atoms with Crippen LogP contribution in [0, 0.1) is 11.6 Å². The first-order valence-electron chi connectivity index (χ1n) is 19.9. The summed E-state index contributed by atoms with van der Waals surface area (Å²) in [5, 5.41) is 2.13. The second-order valence-electron chi connectivity index (χ2n) is 15.6. The Morgan fingerprint density at radius 2 is 1.25 bits per heavy atom. The van der Waals surface area contributed by atoms with E-state index in [0.29, 0.717) is 18.1 Å². The van der Waals surface area contributed by atoms with E-state index in [9.17, 15) is 93.0 Å². The molecule has 0 heterocycles. The fourth-order valence-corrected chi connectivity index (χ4v) is 10.9. The summed E-state index contributed by atoms with van der Waals surface area (Å²) in [7, 11) is -4.05. The summed E-state index contributed by atoms with van der Waals surface area (Å²) in [5.41, 5.74) is -1.94. The van der Waals surface area contributed by atoms with E-state index in [-0.39, 0.29) is 25.2 Å². The zero-order valence-corrected chi connectivity index (χ0v) is 37.0. The fourth-order valence-electron chi connectivity index (χ4n) is 6.47. The zero-order chi connectivity index (χ0) is 52.5. The Balaban J connectivity index is 2.27. The van der Waals surface area contributed by atoms with Crippen LogP contribution in [0.2, 0.25) is 17.1 Å². The number of anilines is 1. The number of halogens is 19. The predicted octanol–water partition coefficient (Wildman–Crippen LogP) is 14.3. The van der Waals surface area contributed by atoms with Gasteiger partial charge in [-0.25, -0.2) is 18.4 Å². The second-order valence-corrected chi connectivity index (χ2v) is 20.6. The van der Waals surface area contributed by atoms with Crippen molar-refractivity contribution >= 4 is 26.1 Å². The summed E-state index contributed by atoms with van der Waals surface area (Å²) in [4.78, 5) is 24.4. The van der Waals surface area contributed by atoms with Gasteiger partial charge in [0.05, 0.1) is 12.3 Å². The quantitative estimate of drug-likeness (QED) is 0.0252. The minimum absolute atomic E-state index is 0.0353. The van der Waals surface area contributed by atoms with Crippen LogP contribution < -0.4 is 10.1 Å². The highest BCUT2D eigenvalue weighted by atomic mass is 28.4. The molecule has 0 aliphatic carbocycles. The van der Waals surface area contributed by atoms with E-state index in [1.165, 1.54) is 64.1 Å². The molecule has 27 heteroatoms. The molecule has 2 rings (SSSR count). The Kier molecular flexibility index (Phi) is 19.6. The van der Waals surface area contributed by atoms with Crippen LogP contribution in [-0.2, 0) is 18.7 Å². The number of esters is 1. The first-order chi connectivity index (χ1) is 30.9. The summed E-state index contributed by atoms with van der Waals surface area (Å²) in [6, 6.07) is 6.41. The van der Waals surface area contributed by atoms with Gasteiger partial charge in [-0.3, -0.25) is 5.32 Å². The number of hydrogen-bond acceptors (Lipinski definition) is 6. The molecule has 0 aliphatic rings. The topological polar surface area (TPSA) is 83.1 Å². The highest BCUT2D eigenvalue weighted by Crippen LogP contribution is 2.64. The number of allylic oxidation sites excluding steroid dienone is 1. The van der Waals surface area contributed by atoms with Crippen LogP contribution in [-0.4, -0.2) is 87.8 Å². The van der Waals surface area contributed by atoms with Gasteiger partial charge in [0.25, 0.3) is 0 Å². The Morgan fingerprint density at radius 3 is 1.75 bits per heavy atom. The number of alkyl halides is 17. The molecule has 68 heavy (non-hydrogen) atoms. The van der Waals surface area contributed by atoms with Gasteiger partial charge in [-0.05, 0) is 66.2 Å². The van der Waals surface area contributed by atoms with Gasteiger partial charge in [0.15, 0.2) is 8.32 Å². The van der Waals surface area contributed by atoms with E-state index >= 15 is 0 Å². The number of unbranched alkanes of at least 4 members (excludes halogenated alkanes) is 1. The van der Waals surface area contributed by atoms with Gasteiger partial charge in [-0.1, -0.05) is 58.6 Å². The molecule has 0 saturated carbocycles. The Morgan fingerprint density at radius 1 is 0.721 bits per heavy atom. The highest BCUT2D eigenvalue weighted by molar-refractivity contribution is 6.76. The maximum Gasteiger partial charge on any atom is 0.460 e. The largest absolute Gasteiger partial charge is 0.491 e. The van der Waals surface area contributed by atoms with Crippen LogP contribution >= 0.6 is 0 Å². The van der Waals surface area contributed by atoms with Gasteiger partial charge in [0.1, 0.15) is 36.7 Å². The monoisotopic (exact) mass is 1040 g/mol. The molecule has 1 N–H and O–H groups in total. The molecule has 2 aromatic carbocycles. The molecule has 7 nitrogen and oxygen atoms in total. The molecule has 0 spiro atoms. The van der Waals surface area contributed by atoms with Crippen LogP contribution in [0.15, 0.2) is 67.3 Å². The molecule has 0 radical (unpaired) electrons. The van der Waals surface area contributed by atoms with Crippen molar-refractivity contribution in [2.75, 3.05) is 25.1 Å². The highest BCUT2D eigenvalue weighted by Gasteiger charge is 2.95. The average Bonchev–Trinajstić information content (AvgIpc) is 3.22. The number of carbonyl (C=O) groups is 2. The molecule has 1 atom stereocenters. The third-order valence-corrected chi connectivity index (χ3v) is 16.1. The molecule has 0 saturated heterocycles. The van der Waals surface area contributed by atoms with Gasteiger partial charge in [0.2, 0.25) is 0 Å². The first-order valence-corrected chi connectivity index (χ1v) is 22.1. The first kappa shape index (κ1) is 59.4. The van der Waals surface area contributed by atoms with Gasteiger partial charge in [0, 0.05) is 18.6 Å². The maximum absolute atomic E-state index is 15.0. The number of hydrogen-bond donors (Lipinski definition) is 1. The minimum atomic E-state index is -8.72. The Bertz CT molecular complexity index is 2020. The molecular weight excluding hydrogens is 992 g/mol. The second kappa shape index (κ2) is 22.4. The summed E-state index contributed by atoms with van der Waals surface area (Å²) >= 11 is 0. The van der Waals surface area contributed by atoms with Crippen LogP contribution in [0.4, 0.5) is 93.9 Å². The number of nitrogens with one attached hydrogen (secondary N) is 1. The predicted molar refractivity (Wildman–Crippen MR) is 207 cm³/mol. The van der Waals surface area contributed by atoms with E-state index in [1.54, 1.807) is 0 Å². The number of ether oxygens (including phenoxy) is 3. The van der Waals surface area contributed by atoms with E-state index < -0.39 is 128 Å². The molecule has 0 aliphatic heterocycles. The lowest BCUT2D eigenvalue weighted by molar-refractivity contribution is -0.461. The van der Waals surface area contributed by atoms with E-state index in [4.69, 9.17) is 18.6 Å². The molecular formula is C41H44F19NO6Si. The molecule has 0 bridgehead atoms. The molecule has 0 unspecified atom stereocenters. The third kappa shape index (κ3) is 12.7. The molecule has 0 aromatic heterocycles. The normalized spacial score (nSPS) is 14.4. The molecule has 386 valence electrons. The number of carbonyl (C=O) groups excluding carboxylic acids is 2. The minimum Gasteiger partial charge on any atom is -0.491 e. The summed E-state index contributed by atoms with van der Waals surface area (Å²) in [5.74, 6) is -59.6. The van der Waals surface area contributed by atoms with Crippen molar-refractivity contribution in [1.82, 2.24) is 0 Å². The fraction of sp³-hybridized carbons (Fsp3) is 0.561. The van der Waals surface area contributed by atoms with E-state index in [1.807, 2.05) is 0 Å². The number of benzene rings is 2. The third-order valence-electron chi connectivity index (χ3n) is 10.4. The SMILES string of the molecule is C=CCOC(=O)/C=C/CCC[C@H](OC(=O)Nc1ccc(F)cc1F)c1ccc(OCCO[Si](CCC(F)(F)C(F)(F)C(F)(F)C(F)(F)C(F)(F)C(F)(F)C(F)(F)C(F)(F)F)(C(C)C)C(C)C)cc1. The summed E-state index contributed by atoms with van der Waals surface area (Å²) in [6.45, 7) is 7.49. The van der Waals surface area contributed by atoms with Crippen molar-refractivity contribution in [2.24, 2.45) is 0 Å². The van der Waals surface area contributed by atoms with Gasteiger partial charge >= 0.3 is 59.7 Å². The standard InChI is InChI=1S/C41H44F19NO6Si/c1-6-19-65-32(62)11-9-7-8-10-31(67-33(63)61-30-17-14-27(42)23-29(30)43)26-12-15-28(16-13-26)64-20-21-66-68(24(2)3,25(4)5)22-18-34(44,45)35(46,47)36(48,49)37(50,51)38(52,53)39(54,55)40(56,57)41(58,59)60/h6,9,11-17,23-25,31H,1,7-8,10,18-22H2,2-5H3,(H,61,63)/b11-9+/t31-/m0/s1. The van der Waals surface area contributed by atoms with Crippen molar-refractivity contribution in [1.29, 1.82) is 0 Å². The van der Waals surface area contributed by atoms with Crippen LogP contribution in [0.5, 0.6) is 5.75 Å².